The molecule has 1 N–H and O–H groups in total. The van der Waals surface area contributed by atoms with Crippen molar-refractivity contribution in [3.8, 4) is 0 Å². The Kier molecular flexibility index (Phi) is 4.22. The molecule has 1 heterocycles. The Labute approximate surface area is 127 Å². The van der Waals surface area contributed by atoms with Gasteiger partial charge in [-0.3, -0.25) is 14.3 Å². The summed E-state index contributed by atoms with van der Waals surface area (Å²) in [7, 11) is 0.806. The molecule has 0 saturated heterocycles. The van der Waals surface area contributed by atoms with Crippen molar-refractivity contribution >= 4 is 31.3 Å². The Bertz CT molecular complexity index is 921. The highest BCUT2D eigenvalue weighted by atomic mass is 35.7. The van der Waals surface area contributed by atoms with Crippen LogP contribution in [-0.2, 0) is 15.6 Å². The highest BCUT2D eigenvalue weighted by Gasteiger charge is 2.17. The second kappa shape index (κ2) is 5.63. The van der Waals surface area contributed by atoms with Gasteiger partial charge in [0.05, 0.1) is 11.6 Å². The lowest BCUT2D eigenvalue weighted by Crippen LogP contribution is -2.32. The Morgan fingerprint density at radius 2 is 1.95 bits per heavy atom. The van der Waals surface area contributed by atoms with Gasteiger partial charge in [-0.15, -0.1) is 0 Å². The molecule has 1 aromatic carbocycles. The third-order valence-corrected chi connectivity index (χ3v) is 4.18. The molecular weight excluding hydrogens is 346 g/mol. The van der Waals surface area contributed by atoms with Crippen molar-refractivity contribution in [2.24, 2.45) is 0 Å². The topological polar surface area (TPSA) is 89.0 Å². The molecule has 1 aromatic heterocycles. The Morgan fingerprint density at radius 1 is 1.29 bits per heavy atom. The van der Waals surface area contributed by atoms with Crippen molar-refractivity contribution < 1.29 is 12.8 Å². The summed E-state index contributed by atoms with van der Waals surface area (Å²) in [5.41, 5.74) is -1.50. The predicted octanol–water partition coefficient (Wildman–Crippen LogP) is 1.30. The van der Waals surface area contributed by atoms with E-state index in [9.17, 15) is 22.4 Å². The normalized spacial score (nSPS) is 11.6. The van der Waals surface area contributed by atoms with Crippen molar-refractivity contribution in [3.63, 3.8) is 0 Å². The van der Waals surface area contributed by atoms with Crippen LogP contribution in [0.25, 0.3) is 0 Å². The second-order valence-electron chi connectivity index (χ2n) is 4.07. The van der Waals surface area contributed by atoms with Gasteiger partial charge in [-0.25, -0.2) is 17.6 Å². The quantitative estimate of drug-likeness (QED) is 0.843. The van der Waals surface area contributed by atoms with Gasteiger partial charge in [0, 0.05) is 16.9 Å². The summed E-state index contributed by atoms with van der Waals surface area (Å²) >= 11 is 5.61. The number of benzene rings is 1. The van der Waals surface area contributed by atoms with Crippen molar-refractivity contribution in [1.29, 1.82) is 0 Å². The first kappa shape index (κ1) is 15.7. The minimum absolute atomic E-state index is 0.116. The number of hydrogen-bond donors (Lipinski definition) is 1. The largest absolute Gasteiger partial charge is 0.328 e. The van der Waals surface area contributed by atoms with E-state index in [1.807, 2.05) is 4.98 Å². The van der Waals surface area contributed by atoms with Crippen molar-refractivity contribution in [2.45, 2.75) is 11.4 Å². The molecule has 2 aromatic rings. The summed E-state index contributed by atoms with van der Waals surface area (Å²) in [6.07, 6.45) is 0.820. The standard InChI is InChI=1S/C11H7Cl2FN2O4S/c12-7-3-6(1-2-8(7)14)4-16-5-9(21(13,19)20)10(17)15-11(16)18/h1-3,5H,4H2,(H,15,17,18). The minimum atomic E-state index is -4.30. The first-order valence-electron chi connectivity index (χ1n) is 5.41. The van der Waals surface area contributed by atoms with Crippen LogP contribution >= 0.6 is 22.3 Å². The van der Waals surface area contributed by atoms with Crippen LogP contribution in [-0.4, -0.2) is 18.0 Å². The maximum atomic E-state index is 13.0. The zero-order valence-electron chi connectivity index (χ0n) is 10.1. The zero-order valence-corrected chi connectivity index (χ0v) is 12.5. The fourth-order valence-corrected chi connectivity index (χ4v) is 2.67. The summed E-state index contributed by atoms with van der Waals surface area (Å²) in [4.78, 5) is 24.1. The van der Waals surface area contributed by atoms with Crippen molar-refractivity contribution in [3.05, 3.63) is 61.6 Å². The maximum absolute atomic E-state index is 13.0. The van der Waals surface area contributed by atoms with Gasteiger partial charge in [0.2, 0.25) is 0 Å². The molecular formula is C11H7Cl2FN2O4S. The molecule has 0 aliphatic carbocycles. The summed E-state index contributed by atoms with van der Waals surface area (Å²) in [6.45, 7) is -0.116. The van der Waals surface area contributed by atoms with Gasteiger partial charge in [-0.2, -0.15) is 0 Å². The van der Waals surface area contributed by atoms with Crippen molar-refractivity contribution in [2.75, 3.05) is 0 Å². The van der Waals surface area contributed by atoms with Crippen LogP contribution in [0.4, 0.5) is 4.39 Å². The predicted molar refractivity (Wildman–Crippen MR) is 74.9 cm³/mol. The van der Waals surface area contributed by atoms with Crippen LogP contribution in [0.15, 0.2) is 38.9 Å². The first-order chi connectivity index (χ1) is 9.68. The van der Waals surface area contributed by atoms with Gasteiger partial charge in [0.1, 0.15) is 5.82 Å². The van der Waals surface area contributed by atoms with Gasteiger partial charge in [-0.05, 0) is 17.7 Å². The first-order valence-corrected chi connectivity index (χ1v) is 8.09. The summed E-state index contributed by atoms with van der Waals surface area (Å²) < 4.78 is 36.4. The van der Waals surface area contributed by atoms with E-state index in [4.69, 9.17) is 22.3 Å². The lowest BCUT2D eigenvalue weighted by molar-refractivity contribution is 0.603. The number of nitrogens with zero attached hydrogens (tertiary/aromatic N) is 1. The van der Waals surface area contributed by atoms with E-state index in [-0.39, 0.29) is 11.6 Å². The zero-order chi connectivity index (χ0) is 15.8. The van der Waals surface area contributed by atoms with Crippen LogP contribution in [0.2, 0.25) is 5.02 Å². The fraction of sp³-hybridized carbons (Fsp3) is 0.0909. The van der Waals surface area contributed by atoms with Gasteiger partial charge >= 0.3 is 5.69 Å². The van der Waals surface area contributed by atoms with Crippen LogP contribution in [0.3, 0.4) is 0 Å². The molecule has 0 spiro atoms. The van der Waals surface area contributed by atoms with E-state index in [1.54, 1.807) is 0 Å². The molecule has 0 bridgehead atoms. The third-order valence-electron chi connectivity index (χ3n) is 2.58. The van der Waals surface area contributed by atoms with Crippen LogP contribution < -0.4 is 11.2 Å². The monoisotopic (exact) mass is 352 g/mol. The summed E-state index contributed by atoms with van der Waals surface area (Å²) in [5, 5.41) is -0.143. The number of H-pyrrole nitrogens is 1. The second-order valence-corrected chi connectivity index (χ2v) is 7.01. The molecule has 0 radical (unpaired) electrons. The van der Waals surface area contributed by atoms with Gasteiger partial charge in [0.25, 0.3) is 14.6 Å². The number of aromatic amines is 1. The average molecular weight is 353 g/mol. The average Bonchev–Trinajstić information content (AvgIpc) is 2.35. The van der Waals surface area contributed by atoms with Crippen LogP contribution in [0, 0.1) is 5.82 Å². The minimum Gasteiger partial charge on any atom is -0.295 e. The number of aromatic nitrogens is 2. The number of halogens is 3. The van der Waals surface area contributed by atoms with Crippen LogP contribution in [0.5, 0.6) is 0 Å². The number of rotatable bonds is 3. The molecule has 6 nitrogen and oxygen atoms in total. The summed E-state index contributed by atoms with van der Waals surface area (Å²) in [6, 6.07) is 3.75. The molecule has 0 fully saturated rings. The smallest absolute Gasteiger partial charge is 0.295 e. The van der Waals surface area contributed by atoms with E-state index in [2.05, 4.69) is 0 Å². The molecule has 0 atom stereocenters. The highest BCUT2D eigenvalue weighted by molar-refractivity contribution is 8.13. The summed E-state index contributed by atoms with van der Waals surface area (Å²) in [5.74, 6) is -0.627. The van der Waals surface area contributed by atoms with E-state index >= 15 is 0 Å². The molecule has 0 unspecified atom stereocenters. The molecule has 0 saturated carbocycles. The molecule has 2 rings (SSSR count). The molecule has 112 valence electrons. The lowest BCUT2D eigenvalue weighted by atomic mass is 10.2. The van der Waals surface area contributed by atoms with Crippen LogP contribution in [0.1, 0.15) is 5.56 Å². The third kappa shape index (κ3) is 3.52. The Hall–Kier alpha value is -1.64. The Morgan fingerprint density at radius 3 is 2.52 bits per heavy atom. The van der Waals surface area contributed by atoms with Gasteiger partial charge in [0.15, 0.2) is 4.90 Å². The molecule has 0 aliphatic heterocycles. The van der Waals surface area contributed by atoms with Crippen molar-refractivity contribution in [1.82, 2.24) is 9.55 Å². The van der Waals surface area contributed by atoms with E-state index in [0.717, 1.165) is 16.8 Å². The van der Waals surface area contributed by atoms with E-state index in [0.29, 0.717) is 5.56 Å². The molecule has 21 heavy (non-hydrogen) atoms. The van der Waals surface area contributed by atoms with Gasteiger partial charge in [-0.1, -0.05) is 17.7 Å². The lowest BCUT2D eigenvalue weighted by Gasteiger charge is -2.07. The van der Waals surface area contributed by atoms with E-state index in [1.165, 1.54) is 12.1 Å². The fourth-order valence-electron chi connectivity index (χ4n) is 1.62. The van der Waals surface area contributed by atoms with E-state index < -0.39 is 31.0 Å². The Balaban J connectivity index is 2.52. The SMILES string of the molecule is O=c1[nH]c(=O)n(Cc2ccc(F)c(Cl)c2)cc1S(=O)(=O)Cl. The molecule has 0 amide bonds. The molecule has 0 aliphatic rings. The highest BCUT2D eigenvalue weighted by Crippen LogP contribution is 2.16. The number of nitrogens with one attached hydrogen (secondary N) is 1. The maximum Gasteiger partial charge on any atom is 0.328 e. The van der Waals surface area contributed by atoms with Gasteiger partial charge < -0.3 is 0 Å². The molecule has 10 heteroatoms. The number of hydrogen-bond acceptors (Lipinski definition) is 4.